The number of nitrogens with one attached hydrogen (secondary N) is 1. The molecule has 1 aromatic heterocycles. The average Bonchev–Trinajstić information content (AvgIpc) is 2.80. The van der Waals surface area contributed by atoms with Crippen LogP contribution in [0.25, 0.3) is 0 Å². The lowest BCUT2D eigenvalue weighted by Crippen LogP contribution is -2.28. The van der Waals surface area contributed by atoms with E-state index >= 15 is 0 Å². The SMILES string of the molecule is CC1c2sc(C3CCCNC3)cc2CCN1C. The fraction of sp³-hybridized carbons (Fsp3) is 0.714. The third-order valence-corrected chi connectivity index (χ3v) is 5.84. The van der Waals surface area contributed by atoms with Crippen molar-refractivity contribution < 1.29 is 0 Å². The van der Waals surface area contributed by atoms with Crippen LogP contribution in [0.2, 0.25) is 0 Å². The van der Waals surface area contributed by atoms with Crippen LogP contribution >= 0.6 is 11.3 Å². The highest BCUT2D eigenvalue weighted by Crippen LogP contribution is 2.39. The number of rotatable bonds is 1. The Balaban J connectivity index is 1.85. The summed E-state index contributed by atoms with van der Waals surface area (Å²) >= 11 is 2.07. The number of likely N-dealkylation sites (N-methyl/N-ethyl adjacent to an activating group) is 1. The number of nitrogens with zero attached hydrogens (tertiary/aromatic N) is 1. The van der Waals surface area contributed by atoms with Crippen LogP contribution in [-0.2, 0) is 6.42 Å². The van der Waals surface area contributed by atoms with E-state index in [4.69, 9.17) is 0 Å². The molecule has 0 radical (unpaired) electrons. The van der Waals surface area contributed by atoms with Crippen molar-refractivity contribution in [1.29, 1.82) is 0 Å². The minimum absolute atomic E-state index is 0.619. The highest BCUT2D eigenvalue weighted by molar-refractivity contribution is 7.12. The van der Waals surface area contributed by atoms with Gasteiger partial charge in [0, 0.05) is 34.8 Å². The summed E-state index contributed by atoms with van der Waals surface area (Å²) in [5, 5.41) is 3.53. The number of hydrogen-bond donors (Lipinski definition) is 1. The molecule has 0 amide bonds. The van der Waals surface area contributed by atoms with Crippen molar-refractivity contribution >= 4 is 11.3 Å². The molecule has 0 aromatic carbocycles. The van der Waals surface area contributed by atoms with Crippen LogP contribution in [0.15, 0.2) is 6.07 Å². The molecule has 2 aliphatic heterocycles. The maximum absolute atomic E-state index is 3.53. The van der Waals surface area contributed by atoms with E-state index in [0.717, 1.165) is 5.92 Å². The second-order valence-corrected chi connectivity index (χ2v) is 6.60. The van der Waals surface area contributed by atoms with Crippen LogP contribution in [-0.4, -0.2) is 31.6 Å². The first-order valence-electron chi connectivity index (χ1n) is 6.79. The van der Waals surface area contributed by atoms with Crippen molar-refractivity contribution in [3.05, 3.63) is 21.4 Å². The molecule has 3 rings (SSSR count). The normalized spacial score (nSPS) is 30.2. The number of hydrogen-bond acceptors (Lipinski definition) is 3. The van der Waals surface area contributed by atoms with Gasteiger partial charge in [0.25, 0.3) is 0 Å². The molecule has 1 saturated heterocycles. The smallest absolute Gasteiger partial charge is 0.0413 e. The molecule has 0 bridgehead atoms. The van der Waals surface area contributed by atoms with Gasteiger partial charge in [0.1, 0.15) is 0 Å². The van der Waals surface area contributed by atoms with Crippen molar-refractivity contribution in [2.24, 2.45) is 0 Å². The summed E-state index contributed by atoms with van der Waals surface area (Å²) in [6.45, 7) is 5.95. The van der Waals surface area contributed by atoms with Gasteiger partial charge in [0.15, 0.2) is 0 Å². The van der Waals surface area contributed by atoms with E-state index in [2.05, 4.69) is 41.6 Å². The monoisotopic (exact) mass is 250 g/mol. The first kappa shape index (κ1) is 11.7. The highest BCUT2D eigenvalue weighted by atomic mass is 32.1. The molecule has 0 saturated carbocycles. The zero-order chi connectivity index (χ0) is 11.8. The molecular weight excluding hydrogens is 228 g/mol. The Morgan fingerprint density at radius 3 is 3.12 bits per heavy atom. The molecule has 0 spiro atoms. The third kappa shape index (κ3) is 2.16. The second kappa shape index (κ2) is 4.71. The third-order valence-electron chi connectivity index (χ3n) is 4.33. The number of fused-ring (bicyclic) bond motifs is 1. The topological polar surface area (TPSA) is 15.3 Å². The van der Waals surface area contributed by atoms with E-state index in [-0.39, 0.29) is 0 Å². The zero-order valence-electron chi connectivity index (χ0n) is 10.8. The van der Waals surface area contributed by atoms with Crippen LogP contribution in [0, 0.1) is 0 Å². The van der Waals surface area contributed by atoms with Gasteiger partial charge in [0.05, 0.1) is 0 Å². The van der Waals surface area contributed by atoms with Gasteiger partial charge >= 0.3 is 0 Å². The van der Waals surface area contributed by atoms with Crippen LogP contribution in [0.4, 0.5) is 0 Å². The van der Waals surface area contributed by atoms with Crippen LogP contribution in [0.3, 0.4) is 0 Å². The zero-order valence-corrected chi connectivity index (χ0v) is 11.6. The van der Waals surface area contributed by atoms with E-state index in [1.807, 2.05) is 0 Å². The predicted molar refractivity (Wildman–Crippen MR) is 73.9 cm³/mol. The molecule has 94 valence electrons. The predicted octanol–water partition coefficient (Wildman–Crippen LogP) is 2.76. The van der Waals surface area contributed by atoms with Crippen LogP contribution in [0.5, 0.6) is 0 Å². The van der Waals surface area contributed by atoms with Crippen molar-refractivity contribution in [3.8, 4) is 0 Å². The van der Waals surface area contributed by atoms with Crippen molar-refractivity contribution in [3.63, 3.8) is 0 Å². The summed E-state index contributed by atoms with van der Waals surface area (Å²) in [5.74, 6) is 0.775. The Bertz CT molecular complexity index is 393. The largest absolute Gasteiger partial charge is 0.316 e. The molecule has 1 fully saturated rings. The Morgan fingerprint density at radius 1 is 1.47 bits per heavy atom. The standard InChI is InChI=1S/C14H22N2S/c1-10-14-11(5-7-16(10)2)8-13(17-14)12-4-3-6-15-9-12/h8,10,12,15H,3-7,9H2,1-2H3. The van der Waals surface area contributed by atoms with E-state index in [9.17, 15) is 0 Å². The summed E-state index contributed by atoms with van der Waals surface area (Å²) in [6, 6.07) is 3.12. The molecule has 17 heavy (non-hydrogen) atoms. The molecule has 2 unspecified atom stereocenters. The molecule has 2 aliphatic rings. The fourth-order valence-electron chi connectivity index (χ4n) is 3.00. The lowest BCUT2D eigenvalue weighted by Gasteiger charge is -2.29. The van der Waals surface area contributed by atoms with Crippen molar-refractivity contribution in [1.82, 2.24) is 10.2 Å². The lowest BCUT2D eigenvalue weighted by atomic mass is 9.96. The fourth-order valence-corrected chi connectivity index (χ4v) is 4.47. The maximum Gasteiger partial charge on any atom is 0.0413 e. The summed E-state index contributed by atoms with van der Waals surface area (Å²) in [4.78, 5) is 5.73. The average molecular weight is 250 g/mol. The number of thiophene rings is 1. The molecule has 3 heterocycles. The van der Waals surface area contributed by atoms with Crippen molar-refractivity contribution in [2.45, 2.75) is 38.1 Å². The summed E-state index contributed by atoms with van der Waals surface area (Å²) in [5.41, 5.74) is 1.63. The van der Waals surface area contributed by atoms with Gasteiger partial charge in [-0.2, -0.15) is 0 Å². The molecule has 1 aromatic rings. The van der Waals surface area contributed by atoms with Gasteiger partial charge in [-0.25, -0.2) is 0 Å². The van der Waals surface area contributed by atoms with E-state index in [1.165, 1.54) is 38.9 Å². The van der Waals surface area contributed by atoms with Gasteiger partial charge in [0.2, 0.25) is 0 Å². The summed E-state index contributed by atoms with van der Waals surface area (Å²) < 4.78 is 0. The maximum atomic E-state index is 3.53. The van der Waals surface area contributed by atoms with Crippen molar-refractivity contribution in [2.75, 3.05) is 26.7 Å². The van der Waals surface area contributed by atoms with Crippen LogP contribution in [0.1, 0.15) is 47.0 Å². The Kier molecular flexibility index (Phi) is 3.24. The first-order valence-corrected chi connectivity index (χ1v) is 7.61. The molecule has 0 aliphatic carbocycles. The van der Waals surface area contributed by atoms with Gasteiger partial charge in [-0.05, 0) is 51.4 Å². The van der Waals surface area contributed by atoms with Gasteiger partial charge in [-0.3, -0.25) is 4.90 Å². The first-order chi connectivity index (χ1) is 8.25. The van der Waals surface area contributed by atoms with E-state index < -0.39 is 0 Å². The Hall–Kier alpha value is -0.380. The summed E-state index contributed by atoms with van der Waals surface area (Å²) in [7, 11) is 2.25. The molecule has 1 N–H and O–H groups in total. The van der Waals surface area contributed by atoms with Gasteiger partial charge in [-0.1, -0.05) is 0 Å². The van der Waals surface area contributed by atoms with Crippen LogP contribution < -0.4 is 5.32 Å². The Morgan fingerprint density at radius 2 is 2.35 bits per heavy atom. The highest BCUT2D eigenvalue weighted by Gasteiger charge is 2.26. The minimum Gasteiger partial charge on any atom is -0.316 e. The molecule has 3 heteroatoms. The molecule has 2 nitrogen and oxygen atoms in total. The van der Waals surface area contributed by atoms with Gasteiger partial charge in [-0.15, -0.1) is 11.3 Å². The Labute approximate surface area is 108 Å². The minimum atomic E-state index is 0.619. The van der Waals surface area contributed by atoms with E-state index in [1.54, 1.807) is 15.3 Å². The molecule has 2 atom stereocenters. The second-order valence-electron chi connectivity index (χ2n) is 5.49. The van der Waals surface area contributed by atoms with Gasteiger partial charge < -0.3 is 5.32 Å². The molecular formula is C14H22N2S. The lowest BCUT2D eigenvalue weighted by molar-refractivity contribution is 0.252. The van der Waals surface area contributed by atoms with E-state index in [0.29, 0.717) is 6.04 Å². The quantitative estimate of drug-likeness (QED) is 0.824. The summed E-state index contributed by atoms with van der Waals surface area (Å²) in [6.07, 6.45) is 3.95. The number of piperidine rings is 1.